The van der Waals surface area contributed by atoms with Crippen LogP contribution in [0.3, 0.4) is 0 Å². The lowest BCUT2D eigenvalue weighted by atomic mass is 9.99. The van der Waals surface area contributed by atoms with Crippen LogP contribution in [0.4, 0.5) is 0 Å². The fraction of sp³-hybridized carbons (Fsp3) is 0.500. The van der Waals surface area contributed by atoms with Crippen molar-refractivity contribution in [2.24, 2.45) is 5.92 Å². The molecular weight excluding hydrogens is 296 g/mol. The molecule has 7 nitrogen and oxygen atoms in total. The van der Waals surface area contributed by atoms with Gasteiger partial charge in [-0.25, -0.2) is 14.5 Å². The number of amides is 1. The number of aromatic nitrogens is 3. The van der Waals surface area contributed by atoms with Gasteiger partial charge in [-0.05, 0) is 25.8 Å². The van der Waals surface area contributed by atoms with Crippen molar-refractivity contribution in [2.75, 3.05) is 0 Å². The lowest BCUT2D eigenvalue weighted by Gasteiger charge is -2.20. The van der Waals surface area contributed by atoms with E-state index in [1.165, 1.54) is 6.20 Å². The van der Waals surface area contributed by atoms with E-state index in [4.69, 9.17) is 0 Å². The predicted octanol–water partition coefficient (Wildman–Crippen LogP) is 2.24. The van der Waals surface area contributed by atoms with Gasteiger partial charge in [0.1, 0.15) is 6.04 Å². The third kappa shape index (κ3) is 3.49. The van der Waals surface area contributed by atoms with E-state index in [-0.39, 0.29) is 12.0 Å². The molecule has 1 amide bonds. The summed E-state index contributed by atoms with van der Waals surface area (Å²) in [6.45, 7) is 7.69. The Bertz CT molecular complexity index is 723. The molecule has 0 aliphatic carbocycles. The van der Waals surface area contributed by atoms with Crippen LogP contribution in [0.5, 0.6) is 0 Å². The lowest BCUT2D eigenvalue weighted by molar-refractivity contribution is -0.140. The monoisotopic (exact) mass is 318 g/mol. The van der Waals surface area contributed by atoms with E-state index in [1.54, 1.807) is 23.9 Å². The molecule has 2 heterocycles. The molecule has 0 aliphatic heterocycles. The van der Waals surface area contributed by atoms with Crippen molar-refractivity contribution >= 4 is 22.9 Å². The van der Waals surface area contributed by atoms with Crippen LogP contribution >= 0.6 is 0 Å². The van der Waals surface area contributed by atoms with Gasteiger partial charge in [0.2, 0.25) is 0 Å². The first-order valence-corrected chi connectivity index (χ1v) is 7.72. The van der Waals surface area contributed by atoms with Crippen LogP contribution in [0.1, 0.15) is 50.5 Å². The average Bonchev–Trinajstić information content (AvgIpc) is 2.94. The van der Waals surface area contributed by atoms with E-state index in [0.29, 0.717) is 17.6 Å². The number of nitrogens with one attached hydrogen (secondary N) is 1. The maximum atomic E-state index is 12.3. The number of aliphatic carboxylic acids is 1. The molecule has 0 aromatic carbocycles. The first kappa shape index (κ1) is 16.9. The summed E-state index contributed by atoms with van der Waals surface area (Å²) in [7, 11) is 0. The van der Waals surface area contributed by atoms with Gasteiger partial charge in [0, 0.05) is 17.6 Å². The number of carbonyl (C=O) groups excluding carboxylic acids is 1. The Morgan fingerprint density at radius 1 is 1.30 bits per heavy atom. The first-order valence-electron chi connectivity index (χ1n) is 7.72. The van der Waals surface area contributed by atoms with E-state index >= 15 is 0 Å². The molecule has 23 heavy (non-hydrogen) atoms. The molecule has 2 atom stereocenters. The lowest BCUT2D eigenvalue weighted by Crippen LogP contribution is -2.45. The zero-order chi connectivity index (χ0) is 17.1. The molecule has 2 rings (SSSR count). The summed E-state index contributed by atoms with van der Waals surface area (Å²) >= 11 is 0. The van der Waals surface area contributed by atoms with Crippen LogP contribution in [0, 0.1) is 5.92 Å². The van der Waals surface area contributed by atoms with Crippen LogP contribution < -0.4 is 5.32 Å². The van der Waals surface area contributed by atoms with E-state index in [9.17, 15) is 14.7 Å². The Kier molecular flexibility index (Phi) is 4.98. The quantitative estimate of drug-likeness (QED) is 0.851. The summed E-state index contributed by atoms with van der Waals surface area (Å²) in [5.74, 6) is -1.63. The highest BCUT2D eigenvalue weighted by Crippen LogP contribution is 2.17. The largest absolute Gasteiger partial charge is 0.480 e. The van der Waals surface area contributed by atoms with Crippen LogP contribution in [0.2, 0.25) is 0 Å². The average molecular weight is 318 g/mol. The normalized spacial score (nSPS) is 14.0. The van der Waals surface area contributed by atoms with Crippen molar-refractivity contribution in [3.63, 3.8) is 0 Å². The molecule has 0 radical (unpaired) electrons. The van der Waals surface area contributed by atoms with Gasteiger partial charge >= 0.3 is 5.97 Å². The third-order valence-corrected chi connectivity index (χ3v) is 3.95. The Morgan fingerprint density at radius 3 is 2.57 bits per heavy atom. The predicted molar refractivity (Wildman–Crippen MR) is 86.3 cm³/mol. The van der Waals surface area contributed by atoms with Gasteiger partial charge in [-0.1, -0.05) is 20.3 Å². The molecule has 2 aromatic heterocycles. The van der Waals surface area contributed by atoms with Crippen molar-refractivity contribution in [1.29, 1.82) is 0 Å². The maximum Gasteiger partial charge on any atom is 0.326 e. The Labute approximate surface area is 134 Å². The van der Waals surface area contributed by atoms with Crippen molar-refractivity contribution in [2.45, 2.75) is 46.2 Å². The van der Waals surface area contributed by atoms with E-state index < -0.39 is 17.9 Å². The van der Waals surface area contributed by atoms with Crippen molar-refractivity contribution in [1.82, 2.24) is 20.1 Å². The van der Waals surface area contributed by atoms with Crippen LogP contribution in [0.25, 0.3) is 11.0 Å². The molecule has 0 saturated carbocycles. The highest BCUT2D eigenvalue weighted by atomic mass is 16.4. The Hall–Kier alpha value is -2.44. The van der Waals surface area contributed by atoms with Gasteiger partial charge in [0.05, 0.1) is 11.8 Å². The topological polar surface area (TPSA) is 97.1 Å². The van der Waals surface area contributed by atoms with E-state index in [2.05, 4.69) is 15.4 Å². The highest BCUT2D eigenvalue weighted by Gasteiger charge is 2.26. The molecular formula is C16H22N4O3. The minimum atomic E-state index is -1.03. The zero-order valence-electron chi connectivity index (χ0n) is 13.8. The van der Waals surface area contributed by atoms with Gasteiger partial charge in [0.15, 0.2) is 5.65 Å². The van der Waals surface area contributed by atoms with E-state index in [1.807, 2.05) is 20.8 Å². The van der Waals surface area contributed by atoms with Crippen LogP contribution in [-0.4, -0.2) is 37.8 Å². The molecule has 0 spiro atoms. The van der Waals surface area contributed by atoms with Crippen molar-refractivity contribution < 1.29 is 14.7 Å². The fourth-order valence-electron chi connectivity index (χ4n) is 2.35. The molecule has 7 heteroatoms. The number of carbonyl (C=O) groups is 2. The third-order valence-electron chi connectivity index (χ3n) is 3.95. The second-order valence-corrected chi connectivity index (χ2v) is 5.99. The van der Waals surface area contributed by atoms with Crippen molar-refractivity contribution in [3.05, 3.63) is 24.0 Å². The second-order valence-electron chi connectivity index (χ2n) is 5.99. The second kappa shape index (κ2) is 6.76. The number of hydrogen-bond donors (Lipinski definition) is 2. The minimum Gasteiger partial charge on any atom is -0.480 e. The Morgan fingerprint density at radius 2 is 2.00 bits per heavy atom. The molecule has 0 unspecified atom stereocenters. The summed E-state index contributed by atoms with van der Waals surface area (Å²) in [4.78, 5) is 27.9. The van der Waals surface area contributed by atoms with Crippen molar-refractivity contribution in [3.8, 4) is 0 Å². The summed E-state index contributed by atoms with van der Waals surface area (Å²) in [6, 6.07) is 0.932. The van der Waals surface area contributed by atoms with Gasteiger partial charge < -0.3 is 10.4 Å². The molecule has 2 N–H and O–H groups in total. The summed E-state index contributed by atoms with van der Waals surface area (Å²) < 4.78 is 1.77. The number of pyridine rings is 1. The summed E-state index contributed by atoms with van der Waals surface area (Å²) in [6.07, 6.45) is 3.77. The van der Waals surface area contributed by atoms with Crippen LogP contribution in [-0.2, 0) is 4.79 Å². The molecule has 124 valence electrons. The summed E-state index contributed by atoms with van der Waals surface area (Å²) in [5.41, 5.74) is 1.03. The highest BCUT2D eigenvalue weighted by molar-refractivity contribution is 5.98. The number of hydrogen-bond acceptors (Lipinski definition) is 4. The molecule has 0 fully saturated rings. The van der Waals surface area contributed by atoms with Gasteiger partial charge in [0.25, 0.3) is 5.91 Å². The zero-order valence-corrected chi connectivity index (χ0v) is 13.8. The van der Waals surface area contributed by atoms with Gasteiger partial charge in [-0.2, -0.15) is 5.10 Å². The SMILES string of the molecule is CC[C@H](C)[C@H](NC(=O)c1cnc2c(cnn2C(C)C)c1)C(=O)O. The smallest absolute Gasteiger partial charge is 0.326 e. The first-order chi connectivity index (χ1) is 10.8. The minimum absolute atomic E-state index is 0.156. The number of carboxylic acid groups (broad SMARTS) is 1. The van der Waals surface area contributed by atoms with Gasteiger partial charge in [-0.15, -0.1) is 0 Å². The number of nitrogens with zero attached hydrogens (tertiary/aromatic N) is 3. The molecule has 0 saturated heterocycles. The van der Waals surface area contributed by atoms with E-state index in [0.717, 1.165) is 5.39 Å². The number of carboxylic acids is 1. The summed E-state index contributed by atoms with van der Waals surface area (Å²) in [5, 5.41) is 16.8. The van der Waals surface area contributed by atoms with Crippen LogP contribution in [0.15, 0.2) is 18.5 Å². The molecule has 0 aliphatic rings. The maximum absolute atomic E-state index is 12.3. The Balaban J connectivity index is 2.25. The number of rotatable bonds is 6. The molecule has 0 bridgehead atoms. The molecule has 2 aromatic rings. The fourth-order valence-corrected chi connectivity index (χ4v) is 2.35. The standard InChI is InChI=1S/C16H22N4O3/c1-5-10(4)13(16(22)23)19-15(21)12-6-11-8-18-20(9(2)3)14(11)17-7-12/h6-10,13H,5H2,1-4H3,(H,19,21)(H,22,23)/t10-,13-/m0/s1. The van der Waals surface area contributed by atoms with Gasteiger partial charge in [-0.3, -0.25) is 4.79 Å². The number of fused-ring (bicyclic) bond motifs is 1.